The zero-order valence-corrected chi connectivity index (χ0v) is 18.5. The van der Waals surface area contributed by atoms with Crippen molar-refractivity contribution in [1.29, 1.82) is 0 Å². The van der Waals surface area contributed by atoms with Gasteiger partial charge in [-0.15, -0.1) is 0 Å². The van der Waals surface area contributed by atoms with Gasteiger partial charge in [0.1, 0.15) is 11.5 Å². The Kier molecular flexibility index (Phi) is 7.03. The molecule has 0 amide bonds. The first kappa shape index (κ1) is 21.4. The minimum absolute atomic E-state index is 0.230. The van der Waals surface area contributed by atoms with E-state index in [2.05, 4.69) is 70.2 Å². The summed E-state index contributed by atoms with van der Waals surface area (Å²) in [5, 5.41) is 0. The van der Waals surface area contributed by atoms with E-state index < -0.39 is 0 Å². The van der Waals surface area contributed by atoms with E-state index in [1.807, 2.05) is 42.9 Å². The van der Waals surface area contributed by atoms with Crippen molar-refractivity contribution >= 4 is 6.08 Å². The number of imidazole rings is 1. The van der Waals surface area contributed by atoms with Gasteiger partial charge in [-0.05, 0) is 53.5 Å². The van der Waals surface area contributed by atoms with Gasteiger partial charge in [0.05, 0.1) is 32.4 Å². The fraction of sp³-hybridized carbons (Fsp3) is 0.179. The Morgan fingerprint density at radius 3 is 1.97 bits per heavy atom. The maximum atomic E-state index is 5.34. The number of aromatic nitrogens is 2. The summed E-state index contributed by atoms with van der Waals surface area (Å²) in [6.07, 6.45) is 9.06. The molecule has 0 aliphatic rings. The van der Waals surface area contributed by atoms with Crippen LogP contribution in [-0.4, -0.2) is 23.8 Å². The van der Waals surface area contributed by atoms with Crippen molar-refractivity contribution < 1.29 is 9.47 Å². The maximum Gasteiger partial charge on any atom is 0.118 e. The third kappa shape index (κ3) is 5.27. The van der Waals surface area contributed by atoms with E-state index in [1.54, 1.807) is 14.2 Å². The maximum absolute atomic E-state index is 5.34. The van der Waals surface area contributed by atoms with Gasteiger partial charge in [-0.1, -0.05) is 60.7 Å². The molecule has 4 rings (SSSR count). The molecule has 0 spiro atoms. The van der Waals surface area contributed by atoms with E-state index in [0.29, 0.717) is 0 Å². The Morgan fingerprint density at radius 2 is 1.41 bits per heavy atom. The summed E-state index contributed by atoms with van der Waals surface area (Å²) in [5.74, 6) is 1.96. The van der Waals surface area contributed by atoms with Crippen molar-refractivity contribution in [2.24, 2.45) is 0 Å². The first-order valence-corrected chi connectivity index (χ1v) is 10.8. The molecule has 162 valence electrons. The Hall–Kier alpha value is -3.79. The Bertz CT molecular complexity index is 1080. The molecule has 0 bridgehead atoms. The predicted molar refractivity (Wildman–Crippen MR) is 129 cm³/mol. The van der Waals surface area contributed by atoms with E-state index in [-0.39, 0.29) is 5.92 Å². The molecule has 0 atom stereocenters. The number of benzene rings is 3. The second-order valence-corrected chi connectivity index (χ2v) is 7.67. The fourth-order valence-corrected chi connectivity index (χ4v) is 3.84. The van der Waals surface area contributed by atoms with Crippen LogP contribution in [0.5, 0.6) is 11.5 Å². The lowest BCUT2D eigenvalue weighted by molar-refractivity contribution is 0.414. The lowest BCUT2D eigenvalue weighted by atomic mass is 9.88. The van der Waals surface area contributed by atoms with Crippen LogP contribution < -0.4 is 9.47 Å². The van der Waals surface area contributed by atoms with Crippen LogP contribution in [0, 0.1) is 0 Å². The number of hydrogen-bond donors (Lipinski definition) is 0. The van der Waals surface area contributed by atoms with Crippen LogP contribution in [0.3, 0.4) is 0 Å². The van der Waals surface area contributed by atoms with Crippen LogP contribution in [-0.2, 0) is 6.54 Å². The van der Waals surface area contributed by atoms with Gasteiger partial charge in [0, 0.05) is 12.5 Å². The van der Waals surface area contributed by atoms with Gasteiger partial charge in [-0.3, -0.25) is 0 Å². The minimum atomic E-state index is 0.230. The van der Waals surface area contributed by atoms with Crippen LogP contribution in [0.2, 0.25) is 0 Å². The molecule has 32 heavy (non-hydrogen) atoms. The molecule has 4 nitrogen and oxygen atoms in total. The fourth-order valence-electron chi connectivity index (χ4n) is 3.84. The smallest absolute Gasteiger partial charge is 0.118 e. The third-order valence-electron chi connectivity index (χ3n) is 5.64. The highest BCUT2D eigenvalue weighted by atomic mass is 16.5. The Morgan fingerprint density at radius 1 is 0.812 bits per heavy atom. The molecule has 0 N–H and O–H groups in total. The third-order valence-corrected chi connectivity index (χ3v) is 5.64. The van der Waals surface area contributed by atoms with Gasteiger partial charge >= 0.3 is 0 Å². The number of ether oxygens (including phenoxy) is 2. The molecule has 3 aromatic carbocycles. The van der Waals surface area contributed by atoms with Crippen molar-refractivity contribution in [3.63, 3.8) is 0 Å². The summed E-state index contributed by atoms with van der Waals surface area (Å²) in [5.41, 5.74) is 4.85. The van der Waals surface area contributed by atoms with Gasteiger partial charge in [-0.2, -0.15) is 0 Å². The van der Waals surface area contributed by atoms with Crippen LogP contribution in [0.25, 0.3) is 6.08 Å². The van der Waals surface area contributed by atoms with E-state index in [0.717, 1.165) is 30.2 Å². The molecule has 1 heterocycles. The summed E-state index contributed by atoms with van der Waals surface area (Å²) in [6.45, 7) is 0.806. The SMILES string of the molecule is COc1ccc(C(C/C=C/c2cncn2Cc2ccccc2)c2ccc(OC)cc2)cc1. The summed E-state index contributed by atoms with van der Waals surface area (Å²) < 4.78 is 12.8. The molecule has 0 fully saturated rings. The first-order valence-electron chi connectivity index (χ1n) is 10.8. The van der Waals surface area contributed by atoms with Crippen molar-refractivity contribution in [2.75, 3.05) is 14.2 Å². The molecule has 0 saturated carbocycles. The van der Waals surface area contributed by atoms with Gasteiger partial charge in [0.2, 0.25) is 0 Å². The number of hydrogen-bond acceptors (Lipinski definition) is 3. The van der Waals surface area contributed by atoms with E-state index in [9.17, 15) is 0 Å². The van der Waals surface area contributed by atoms with E-state index in [4.69, 9.17) is 9.47 Å². The second kappa shape index (κ2) is 10.5. The monoisotopic (exact) mass is 424 g/mol. The molecule has 0 aliphatic carbocycles. The molecule has 4 heteroatoms. The largest absolute Gasteiger partial charge is 0.497 e. The summed E-state index contributed by atoms with van der Waals surface area (Å²) >= 11 is 0. The van der Waals surface area contributed by atoms with Crippen molar-refractivity contribution in [3.8, 4) is 11.5 Å². The highest BCUT2D eigenvalue weighted by molar-refractivity contribution is 5.46. The number of methoxy groups -OCH3 is 2. The summed E-state index contributed by atoms with van der Waals surface area (Å²) in [7, 11) is 3.38. The van der Waals surface area contributed by atoms with E-state index in [1.165, 1.54) is 16.7 Å². The zero-order chi connectivity index (χ0) is 22.2. The number of rotatable bonds is 9. The molecular formula is C28H28N2O2. The predicted octanol–water partition coefficient (Wildman–Crippen LogP) is 6.18. The average Bonchev–Trinajstić information content (AvgIpc) is 3.29. The molecule has 0 unspecified atom stereocenters. The average molecular weight is 425 g/mol. The van der Waals surface area contributed by atoms with Crippen molar-refractivity contribution in [2.45, 2.75) is 18.9 Å². The Labute approximate surface area is 189 Å². The molecule has 0 saturated heterocycles. The lowest BCUT2D eigenvalue weighted by Gasteiger charge is -2.17. The molecule has 4 aromatic rings. The van der Waals surface area contributed by atoms with E-state index >= 15 is 0 Å². The summed E-state index contributed by atoms with van der Waals surface area (Å²) in [4.78, 5) is 4.35. The Balaban J connectivity index is 1.55. The summed E-state index contributed by atoms with van der Waals surface area (Å²) in [6, 6.07) is 27.1. The zero-order valence-electron chi connectivity index (χ0n) is 18.5. The molecule has 0 radical (unpaired) electrons. The molecular weight excluding hydrogens is 396 g/mol. The van der Waals surface area contributed by atoms with Gasteiger partial charge in [-0.25, -0.2) is 4.98 Å². The number of allylic oxidation sites excluding steroid dienone is 1. The van der Waals surface area contributed by atoms with Crippen LogP contribution in [0.4, 0.5) is 0 Å². The van der Waals surface area contributed by atoms with Crippen LogP contribution in [0.15, 0.2) is 97.5 Å². The standard InChI is InChI=1S/C28H28N2O2/c1-31-26-15-11-23(12-16-26)28(24-13-17-27(32-2)18-14-24)10-6-9-25-19-29-21-30(25)20-22-7-4-3-5-8-22/h3-9,11-19,21,28H,10,20H2,1-2H3/b9-6+. The molecule has 0 aliphatic heterocycles. The first-order chi connectivity index (χ1) is 15.8. The van der Waals surface area contributed by atoms with Crippen LogP contribution in [0.1, 0.15) is 34.7 Å². The molecule has 1 aromatic heterocycles. The van der Waals surface area contributed by atoms with Gasteiger partial charge in [0.25, 0.3) is 0 Å². The topological polar surface area (TPSA) is 36.3 Å². The highest BCUT2D eigenvalue weighted by Gasteiger charge is 2.13. The lowest BCUT2D eigenvalue weighted by Crippen LogP contribution is -2.01. The van der Waals surface area contributed by atoms with Gasteiger partial charge < -0.3 is 14.0 Å². The second-order valence-electron chi connectivity index (χ2n) is 7.67. The quantitative estimate of drug-likeness (QED) is 0.322. The van der Waals surface area contributed by atoms with Crippen LogP contribution >= 0.6 is 0 Å². The van der Waals surface area contributed by atoms with Gasteiger partial charge in [0.15, 0.2) is 0 Å². The van der Waals surface area contributed by atoms with Crippen molar-refractivity contribution in [3.05, 3.63) is 120 Å². The van der Waals surface area contributed by atoms with Crippen molar-refractivity contribution in [1.82, 2.24) is 9.55 Å². The minimum Gasteiger partial charge on any atom is -0.497 e. The normalized spacial score (nSPS) is 11.2. The number of nitrogens with zero attached hydrogens (tertiary/aromatic N) is 2. The highest BCUT2D eigenvalue weighted by Crippen LogP contribution is 2.31.